The van der Waals surface area contributed by atoms with Crippen LogP contribution in [0.2, 0.25) is 0 Å². The van der Waals surface area contributed by atoms with Crippen molar-refractivity contribution in [3.8, 4) is 22.8 Å². The first-order valence-electron chi connectivity index (χ1n) is 10.8. The van der Waals surface area contributed by atoms with Crippen LogP contribution in [-0.4, -0.2) is 60.4 Å². The Bertz CT molecular complexity index is 1030. The molecule has 1 aliphatic rings. The lowest BCUT2D eigenvalue weighted by Gasteiger charge is -2.36. The summed E-state index contributed by atoms with van der Waals surface area (Å²) >= 11 is 0. The molecule has 0 N–H and O–H groups in total. The molecule has 0 radical (unpaired) electrons. The van der Waals surface area contributed by atoms with Gasteiger partial charge in [0.1, 0.15) is 11.5 Å². The third-order valence-electron chi connectivity index (χ3n) is 5.63. The van der Waals surface area contributed by atoms with Crippen LogP contribution in [0.15, 0.2) is 60.7 Å². The molecule has 7 heteroatoms. The maximum absolute atomic E-state index is 12.8. The molecule has 32 heavy (non-hydrogen) atoms. The van der Waals surface area contributed by atoms with E-state index in [0.717, 1.165) is 22.8 Å². The van der Waals surface area contributed by atoms with Crippen LogP contribution in [0.25, 0.3) is 11.3 Å². The summed E-state index contributed by atoms with van der Waals surface area (Å²) < 4.78 is 11.0. The molecule has 1 aromatic heterocycles. The molecule has 7 nitrogen and oxygen atoms in total. The molecule has 1 atom stereocenters. The van der Waals surface area contributed by atoms with E-state index in [2.05, 4.69) is 46.3 Å². The zero-order valence-corrected chi connectivity index (χ0v) is 18.7. The molecule has 1 saturated heterocycles. The van der Waals surface area contributed by atoms with Crippen molar-refractivity contribution >= 4 is 11.7 Å². The molecule has 166 valence electrons. The SMILES string of the molecule is COc1ccc(OC(C)C(=O)N2CCN(c3ccc(-c4ccc(C)cc4)nn3)CC2)cc1. The van der Waals surface area contributed by atoms with E-state index in [4.69, 9.17) is 9.47 Å². The zero-order valence-electron chi connectivity index (χ0n) is 18.7. The number of nitrogens with zero attached hydrogens (tertiary/aromatic N) is 4. The van der Waals surface area contributed by atoms with Crippen molar-refractivity contribution in [2.24, 2.45) is 0 Å². The van der Waals surface area contributed by atoms with Gasteiger partial charge in [-0.15, -0.1) is 10.2 Å². The Morgan fingerprint density at radius 2 is 1.53 bits per heavy atom. The van der Waals surface area contributed by atoms with Crippen molar-refractivity contribution in [3.63, 3.8) is 0 Å². The molecular weight excluding hydrogens is 404 g/mol. The van der Waals surface area contributed by atoms with Gasteiger partial charge >= 0.3 is 0 Å². The van der Waals surface area contributed by atoms with Crippen molar-refractivity contribution in [1.82, 2.24) is 15.1 Å². The highest BCUT2D eigenvalue weighted by atomic mass is 16.5. The van der Waals surface area contributed by atoms with Gasteiger partial charge in [0.05, 0.1) is 12.8 Å². The van der Waals surface area contributed by atoms with Gasteiger partial charge in [0.25, 0.3) is 5.91 Å². The number of hydrogen-bond donors (Lipinski definition) is 0. The van der Waals surface area contributed by atoms with E-state index in [1.807, 2.05) is 29.2 Å². The summed E-state index contributed by atoms with van der Waals surface area (Å²) in [6.45, 7) is 6.51. The minimum absolute atomic E-state index is 0.0127. The van der Waals surface area contributed by atoms with Crippen LogP contribution in [0, 0.1) is 6.92 Å². The van der Waals surface area contributed by atoms with Gasteiger partial charge in [-0.25, -0.2) is 0 Å². The predicted molar refractivity (Wildman–Crippen MR) is 124 cm³/mol. The minimum atomic E-state index is -0.552. The number of hydrogen-bond acceptors (Lipinski definition) is 6. The number of rotatable bonds is 6. The highest BCUT2D eigenvalue weighted by Crippen LogP contribution is 2.21. The van der Waals surface area contributed by atoms with Gasteiger partial charge in [-0.3, -0.25) is 4.79 Å². The monoisotopic (exact) mass is 432 g/mol. The molecule has 2 heterocycles. The van der Waals surface area contributed by atoms with Gasteiger partial charge in [0, 0.05) is 31.7 Å². The first-order valence-corrected chi connectivity index (χ1v) is 10.8. The van der Waals surface area contributed by atoms with Crippen molar-refractivity contribution in [2.45, 2.75) is 20.0 Å². The molecule has 1 aliphatic heterocycles. The lowest BCUT2D eigenvalue weighted by atomic mass is 10.1. The number of benzene rings is 2. The van der Waals surface area contributed by atoms with Gasteiger partial charge in [-0.1, -0.05) is 29.8 Å². The van der Waals surface area contributed by atoms with E-state index in [1.165, 1.54) is 5.56 Å². The van der Waals surface area contributed by atoms with Crippen molar-refractivity contribution in [1.29, 1.82) is 0 Å². The Kier molecular flexibility index (Phi) is 6.54. The number of aromatic nitrogens is 2. The predicted octanol–water partition coefficient (Wildman–Crippen LogP) is 3.58. The molecule has 3 aromatic rings. The van der Waals surface area contributed by atoms with Crippen LogP contribution >= 0.6 is 0 Å². The first-order chi connectivity index (χ1) is 15.5. The summed E-state index contributed by atoms with van der Waals surface area (Å²) in [5, 5.41) is 8.81. The zero-order chi connectivity index (χ0) is 22.5. The summed E-state index contributed by atoms with van der Waals surface area (Å²) in [5.41, 5.74) is 3.12. The summed E-state index contributed by atoms with van der Waals surface area (Å²) in [6.07, 6.45) is -0.552. The van der Waals surface area contributed by atoms with E-state index in [0.29, 0.717) is 31.9 Å². The van der Waals surface area contributed by atoms with Crippen molar-refractivity contribution in [3.05, 3.63) is 66.2 Å². The highest BCUT2D eigenvalue weighted by Gasteiger charge is 2.26. The van der Waals surface area contributed by atoms with Gasteiger partial charge in [0.2, 0.25) is 0 Å². The maximum Gasteiger partial charge on any atom is 0.263 e. The minimum Gasteiger partial charge on any atom is -0.497 e. The van der Waals surface area contributed by atoms with Crippen LogP contribution < -0.4 is 14.4 Å². The number of aryl methyl sites for hydroxylation is 1. The number of carbonyl (C=O) groups is 1. The molecule has 0 aliphatic carbocycles. The molecule has 1 amide bonds. The molecule has 2 aromatic carbocycles. The van der Waals surface area contributed by atoms with E-state index in [-0.39, 0.29) is 5.91 Å². The second-order valence-electron chi connectivity index (χ2n) is 7.89. The van der Waals surface area contributed by atoms with E-state index in [9.17, 15) is 4.79 Å². The fourth-order valence-corrected chi connectivity index (χ4v) is 3.69. The third kappa shape index (κ3) is 4.99. The van der Waals surface area contributed by atoms with Crippen molar-refractivity contribution in [2.75, 3.05) is 38.2 Å². The maximum atomic E-state index is 12.8. The van der Waals surface area contributed by atoms with Crippen LogP contribution in [0.5, 0.6) is 11.5 Å². The Balaban J connectivity index is 1.31. The van der Waals surface area contributed by atoms with Crippen LogP contribution in [0.1, 0.15) is 12.5 Å². The smallest absolute Gasteiger partial charge is 0.263 e. The molecule has 1 unspecified atom stereocenters. The Labute approximate surface area is 188 Å². The molecule has 4 rings (SSSR count). The fourth-order valence-electron chi connectivity index (χ4n) is 3.69. The van der Waals surface area contributed by atoms with Crippen LogP contribution in [0.3, 0.4) is 0 Å². The van der Waals surface area contributed by atoms with Gasteiger partial charge in [0.15, 0.2) is 11.9 Å². The van der Waals surface area contributed by atoms with E-state index < -0.39 is 6.10 Å². The van der Waals surface area contributed by atoms with E-state index >= 15 is 0 Å². The molecule has 0 saturated carbocycles. The normalized spacial score (nSPS) is 14.7. The van der Waals surface area contributed by atoms with Crippen LogP contribution in [0.4, 0.5) is 5.82 Å². The summed E-state index contributed by atoms with van der Waals surface area (Å²) in [5.74, 6) is 2.22. The van der Waals surface area contributed by atoms with Gasteiger partial charge in [-0.05, 0) is 50.2 Å². The molecule has 0 spiro atoms. The standard InChI is InChI=1S/C25H28N4O3/c1-18-4-6-20(7-5-18)23-12-13-24(27-26-23)28-14-16-29(17-15-28)25(30)19(2)32-22-10-8-21(31-3)9-11-22/h4-13,19H,14-17H2,1-3H3. The Hall–Kier alpha value is -3.61. The molecule has 0 bridgehead atoms. The Morgan fingerprint density at radius 3 is 2.12 bits per heavy atom. The average molecular weight is 433 g/mol. The summed E-state index contributed by atoms with van der Waals surface area (Å²) in [6, 6.07) is 19.5. The topological polar surface area (TPSA) is 67.8 Å². The second-order valence-corrected chi connectivity index (χ2v) is 7.89. The molecular formula is C25H28N4O3. The van der Waals surface area contributed by atoms with Gasteiger partial charge in [-0.2, -0.15) is 0 Å². The number of methoxy groups -OCH3 is 1. The number of amides is 1. The Morgan fingerprint density at radius 1 is 0.875 bits per heavy atom. The average Bonchev–Trinajstić information content (AvgIpc) is 2.85. The number of anilines is 1. The lowest BCUT2D eigenvalue weighted by molar-refractivity contribution is -0.138. The summed E-state index contributed by atoms with van der Waals surface area (Å²) in [7, 11) is 1.62. The van der Waals surface area contributed by atoms with Crippen molar-refractivity contribution < 1.29 is 14.3 Å². The lowest BCUT2D eigenvalue weighted by Crippen LogP contribution is -2.52. The first kappa shape index (κ1) is 21.6. The largest absolute Gasteiger partial charge is 0.497 e. The summed E-state index contributed by atoms with van der Waals surface area (Å²) in [4.78, 5) is 16.8. The van der Waals surface area contributed by atoms with Crippen LogP contribution in [-0.2, 0) is 4.79 Å². The quantitative estimate of drug-likeness (QED) is 0.593. The molecule has 1 fully saturated rings. The fraction of sp³-hybridized carbons (Fsp3) is 0.320. The second kappa shape index (κ2) is 9.68. The van der Waals surface area contributed by atoms with E-state index in [1.54, 1.807) is 26.2 Å². The number of carbonyl (C=O) groups excluding carboxylic acids is 1. The number of ether oxygens (including phenoxy) is 2. The number of piperazine rings is 1. The third-order valence-corrected chi connectivity index (χ3v) is 5.63. The van der Waals surface area contributed by atoms with Gasteiger partial charge < -0.3 is 19.3 Å². The highest BCUT2D eigenvalue weighted by molar-refractivity contribution is 5.81.